The maximum atomic E-state index is 5.68. The van der Waals surface area contributed by atoms with Crippen molar-refractivity contribution in [2.45, 2.75) is 33.2 Å². The van der Waals surface area contributed by atoms with Gasteiger partial charge in [0.25, 0.3) is 0 Å². The van der Waals surface area contributed by atoms with Gasteiger partial charge in [-0.2, -0.15) is 0 Å². The van der Waals surface area contributed by atoms with Gasteiger partial charge in [-0.3, -0.25) is 11.3 Å². The van der Waals surface area contributed by atoms with E-state index >= 15 is 0 Å². The van der Waals surface area contributed by atoms with E-state index in [-0.39, 0.29) is 6.04 Å². The number of aryl methyl sites for hydroxylation is 3. The fraction of sp³-hybridized carbons (Fsp3) is 0.333. The summed E-state index contributed by atoms with van der Waals surface area (Å²) in [5.74, 6) is 7.53. The summed E-state index contributed by atoms with van der Waals surface area (Å²) in [7, 11) is 0. The average molecular weight is 244 g/mol. The van der Waals surface area contributed by atoms with Gasteiger partial charge in [0, 0.05) is 5.56 Å². The second kappa shape index (κ2) is 5.38. The van der Waals surface area contributed by atoms with Crippen LogP contribution in [0.4, 0.5) is 0 Å². The van der Waals surface area contributed by atoms with Crippen LogP contribution in [0.2, 0.25) is 0 Å². The molecule has 0 aliphatic heterocycles. The third-order valence-corrected chi connectivity index (χ3v) is 3.18. The van der Waals surface area contributed by atoms with Crippen molar-refractivity contribution >= 4 is 0 Å². The maximum Gasteiger partial charge on any atom is 0.105 e. The zero-order valence-corrected chi connectivity index (χ0v) is 11.2. The van der Waals surface area contributed by atoms with E-state index in [1.54, 1.807) is 0 Å². The SMILES string of the molecule is Cc1cccc(CC(NN)c2cc(C)oc2C)c1. The molecule has 0 aliphatic carbocycles. The molecule has 0 amide bonds. The predicted octanol–water partition coefficient (Wildman–Crippen LogP) is 2.95. The van der Waals surface area contributed by atoms with Gasteiger partial charge in [-0.1, -0.05) is 29.8 Å². The topological polar surface area (TPSA) is 51.2 Å². The molecule has 2 aromatic rings. The summed E-state index contributed by atoms with van der Waals surface area (Å²) < 4.78 is 5.56. The Bertz CT molecular complexity index is 531. The molecule has 1 aromatic heterocycles. The minimum atomic E-state index is 0.0873. The molecule has 3 heteroatoms. The number of hydrogen-bond acceptors (Lipinski definition) is 3. The van der Waals surface area contributed by atoms with Crippen LogP contribution in [0.5, 0.6) is 0 Å². The smallest absolute Gasteiger partial charge is 0.105 e. The molecule has 3 nitrogen and oxygen atoms in total. The van der Waals surface area contributed by atoms with Crippen molar-refractivity contribution in [1.29, 1.82) is 0 Å². The molecule has 0 spiro atoms. The Labute approximate surface area is 108 Å². The molecule has 0 bridgehead atoms. The van der Waals surface area contributed by atoms with Gasteiger partial charge in [0.1, 0.15) is 11.5 Å². The summed E-state index contributed by atoms with van der Waals surface area (Å²) in [6.45, 7) is 6.03. The highest BCUT2D eigenvalue weighted by Crippen LogP contribution is 2.24. The minimum Gasteiger partial charge on any atom is -0.466 e. The number of hydrazine groups is 1. The third-order valence-electron chi connectivity index (χ3n) is 3.18. The van der Waals surface area contributed by atoms with Crippen molar-refractivity contribution in [3.63, 3.8) is 0 Å². The summed E-state index contributed by atoms with van der Waals surface area (Å²) in [6.07, 6.45) is 0.859. The molecular formula is C15H20N2O. The van der Waals surface area contributed by atoms with Crippen molar-refractivity contribution in [2.24, 2.45) is 5.84 Å². The molecule has 3 N–H and O–H groups in total. The van der Waals surface area contributed by atoms with Gasteiger partial charge in [-0.15, -0.1) is 0 Å². The average Bonchev–Trinajstić information content (AvgIpc) is 2.65. The molecule has 0 saturated carbocycles. The van der Waals surface area contributed by atoms with E-state index in [9.17, 15) is 0 Å². The number of nitrogens with two attached hydrogens (primary N) is 1. The molecule has 0 fully saturated rings. The molecule has 1 unspecified atom stereocenters. The van der Waals surface area contributed by atoms with Gasteiger partial charge in [-0.05, 0) is 38.8 Å². The normalized spacial score (nSPS) is 12.7. The van der Waals surface area contributed by atoms with Crippen molar-refractivity contribution in [3.8, 4) is 0 Å². The van der Waals surface area contributed by atoms with Crippen LogP contribution in [0.25, 0.3) is 0 Å². The van der Waals surface area contributed by atoms with Gasteiger partial charge >= 0.3 is 0 Å². The summed E-state index contributed by atoms with van der Waals surface area (Å²) in [5.41, 5.74) is 6.56. The molecule has 1 aromatic carbocycles. The summed E-state index contributed by atoms with van der Waals surface area (Å²) in [6, 6.07) is 10.6. The zero-order chi connectivity index (χ0) is 13.1. The number of hydrogen-bond donors (Lipinski definition) is 2. The van der Waals surface area contributed by atoms with Gasteiger partial charge in [0.15, 0.2) is 0 Å². The van der Waals surface area contributed by atoms with Gasteiger partial charge in [0.2, 0.25) is 0 Å². The Kier molecular flexibility index (Phi) is 3.84. The maximum absolute atomic E-state index is 5.68. The monoisotopic (exact) mass is 244 g/mol. The molecule has 96 valence electrons. The minimum absolute atomic E-state index is 0.0873. The fourth-order valence-corrected chi connectivity index (χ4v) is 2.33. The number of rotatable bonds is 4. The lowest BCUT2D eigenvalue weighted by atomic mass is 9.98. The van der Waals surface area contributed by atoms with Crippen LogP contribution in [0.3, 0.4) is 0 Å². The van der Waals surface area contributed by atoms with Crippen LogP contribution in [0.15, 0.2) is 34.7 Å². The van der Waals surface area contributed by atoms with Crippen molar-refractivity contribution in [1.82, 2.24) is 5.43 Å². The third kappa shape index (κ3) is 2.81. The Morgan fingerprint density at radius 3 is 2.56 bits per heavy atom. The van der Waals surface area contributed by atoms with Crippen LogP contribution < -0.4 is 11.3 Å². The van der Waals surface area contributed by atoms with Gasteiger partial charge in [0.05, 0.1) is 6.04 Å². The highest BCUT2D eigenvalue weighted by atomic mass is 16.3. The second-order valence-electron chi connectivity index (χ2n) is 4.78. The van der Waals surface area contributed by atoms with E-state index in [1.807, 2.05) is 13.8 Å². The first-order valence-electron chi connectivity index (χ1n) is 6.18. The Balaban J connectivity index is 2.22. The molecule has 1 heterocycles. The lowest BCUT2D eigenvalue weighted by Gasteiger charge is -2.15. The van der Waals surface area contributed by atoms with Crippen LogP contribution in [-0.2, 0) is 6.42 Å². The standard InChI is InChI=1S/C15H20N2O/c1-10-5-4-6-13(7-10)9-15(17-16)14-8-11(2)18-12(14)3/h4-8,15,17H,9,16H2,1-3H3. The first-order chi connectivity index (χ1) is 8.60. The van der Waals surface area contributed by atoms with Crippen LogP contribution in [0.1, 0.15) is 34.3 Å². The van der Waals surface area contributed by atoms with Gasteiger partial charge < -0.3 is 4.42 Å². The fourth-order valence-electron chi connectivity index (χ4n) is 2.33. The molecule has 0 radical (unpaired) electrons. The number of nitrogens with one attached hydrogen (secondary N) is 1. The summed E-state index contributed by atoms with van der Waals surface area (Å²) in [4.78, 5) is 0. The molecular weight excluding hydrogens is 224 g/mol. The van der Waals surface area contributed by atoms with E-state index in [2.05, 4.69) is 42.7 Å². The Hall–Kier alpha value is -1.58. The molecule has 2 rings (SSSR count). The van der Waals surface area contributed by atoms with Crippen molar-refractivity contribution in [3.05, 3.63) is 58.5 Å². The van der Waals surface area contributed by atoms with E-state index in [1.165, 1.54) is 11.1 Å². The van der Waals surface area contributed by atoms with Crippen molar-refractivity contribution < 1.29 is 4.42 Å². The van der Waals surface area contributed by atoms with Gasteiger partial charge in [-0.25, -0.2) is 0 Å². The highest BCUT2D eigenvalue weighted by molar-refractivity contribution is 5.28. The molecule has 1 atom stereocenters. The lowest BCUT2D eigenvalue weighted by Crippen LogP contribution is -2.29. The second-order valence-corrected chi connectivity index (χ2v) is 4.78. The van der Waals surface area contributed by atoms with E-state index < -0.39 is 0 Å². The van der Waals surface area contributed by atoms with Crippen LogP contribution in [0, 0.1) is 20.8 Å². The Morgan fingerprint density at radius 2 is 2.00 bits per heavy atom. The zero-order valence-electron chi connectivity index (χ0n) is 11.2. The lowest BCUT2D eigenvalue weighted by molar-refractivity contribution is 0.484. The van der Waals surface area contributed by atoms with E-state index in [4.69, 9.17) is 10.3 Å². The molecule has 0 aliphatic rings. The summed E-state index contributed by atoms with van der Waals surface area (Å²) >= 11 is 0. The van der Waals surface area contributed by atoms with E-state index in [0.29, 0.717) is 0 Å². The van der Waals surface area contributed by atoms with Crippen LogP contribution in [-0.4, -0.2) is 0 Å². The first kappa shape index (κ1) is 12.9. The van der Waals surface area contributed by atoms with E-state index in [0.717, 1.165) is 23.5 Å². The van der Waals surface area contributed by atoms with Crippen LogP contribution >= 0.6 is 0 Å². The molecule has 0 saturated heterocycles. The number of furan rings is 1. The largest absolute Gasteiger partial charge is 0.466 e. The molecule has 18 heavy (non-hydrogen) atoms. The number of benzene rings is 1. The Morgan fingerprint density at radius 1 is 1.22 bits per heavy atom. The quantitative estimate of drug-likeness (QED) is 0.642. The predicted molar refractivity (Wildman–Crippen MR) is 73.1 cm³/mol. The highest BCUT2D eigenvalue weighted by Gasteiger charge is 2.16. The first-order valence-corrected chi connectivity index (χ1v) is 6.18. The summed E-state index contributed by atoms with van der Waals surface area (Å²) in [5, 5.41) is 0. The van der Waals surface area contributed by atoms with Crippen molar-refractivity contribution in [2.75, 3.05) is 0 Å².